The van der Waals surface area contributed by atoms with Crippen molar-refractivity contribution in [1.82, 2.24) is 0 Å². The Balaban J connectivity index is 1.79. The molecule has 1 fully saturated rings. The molecule has 3 N–H and O–H groups in total. The van der Waals surface area contributed by atoms with Gasteiger partial charge in [-0.05, 0) is 48.8 Å². The minimum Gasteiger partial charge on any atom is -0.368 e. The Labute approximate surface area is 127 Å². The van der Waals surface area contributed by atoms with Crippen molar-refractivity contribution < 1.29 is 9.53 Å². The van der Waals surface area contributed by atoms with Crippen LogP contribution in [0.25, 0.3) is 0 Å². The largest absolute Gasteiger partial charge is 0.368 e. The lowest BCUT2D eigenvalue weighted by Gasteiger charge is -2.31. The molecule has 21 heavy (non-hydrogen) atoms. The molecule has 0 aromatic heterocycles. The third-order valence-corrected chi connectivity index (χ3v) is 4.03. The number of amides is 1. The van der Waals surface area contributed by atoms with Crippen molar-refractivity contribution in [2.45, 2.75) is 45.8 Å². The van der Waals surface area contributed by atoms with Crippen LogP contribution in [0.4, 0.5) is 5.69 Å². The molecule has 0 saturated heterocycles. The highest BCUT2D eigenvalue weighted by Gasteiger charge is 2.24. The number of rotatable bonds is 5. The molecule has 0 heterocycles. The van der Waals surface area contributed by atoms with Crippen molar-refractivity contribution in [3.63, 3.8) is 0 Å². The molecule has 116 valence electrons. The highest BCUT2D eigenvalue weighted by molar-refractivity contribution is 5.91. The van der Waals surface area contributed by atoms with Gasteiger partial charge in [0.25, 0.3) is 0 Å². The number of benzene rings is 1. The number of anilines is 1. The zero-order chi connectivity index (χ0) is 15.2. The molecular weight excluding hydrogens is 264 g/mol. The maximum Gasteiger partial charge on any atom is 0.250 e. The van der Waals surface area contributed by atoms with E-state index in [2.05, 4.69) is 19.2 Å². The van der Waals surface area contributed by atoms with Crippen LogP contribution in [0.1, 0.15) is 38.7 Å². The van der Waals surface area contributed by atoms with Crippen LogP contribution >= 0.6 is 0 Å². The first-order chi connectivity index (χ1) is 10.1. The van der Waals surface area contributed by atoms with Gasteiger partial charge >= 0.3 is 0 Å². The number of ether oxygens (including phenoxy) is 1. The normalized spacial score (nSPS) is 25.6. The molecule has 2 unspecified atom stereocenters. The maximum atomic E-state index is 12.0. The molecule has 2 rings (SSSR count). The summed E-state index contributed by atoms with van der Waals surface area (Å²) in [5.74, 6) is 1.26. The van der Waals surface area contributed by atoms with Crippen LogP contribution in [0.15, 0.2) is 24.3 Å². The lowest BCUT2D eigenvalue weighted by molar-refractivity contribution is -0.124. The molecule has 4 heteroatoms. The summed E-state index contributed by atoms with van der Waals surface area (Å²) < 4.78 is 5.78. The predicted molar refractivity (Wildman–Crippen MR) is 84.9 cm³/mol. The summed E-state index contributed by atoms with van der Waals surface area (Å²) in [5, 5.41) is 2.86. The lowest BCUT2D eigenvalue weighted by Crippen LogP contribution is -2.29. The topological polar surface area (TPSA) is 64.3 Å². The fourth-order valence-electron chi connectivity index (χ4n) is 3.18. The molecule has 0 aliphatic heterocycles. The van der Waals surface area contributed by atoms with Gasteiger partial charge < -0.3 is 15.8 Å². The van der Waals surface area contributed by atoms with Crippen LogP contribution in [0.5, 0.6) is 0 Å². The molecule has 1 aliphatic carbocycles. The van der Waals surface area contributed by atoms with E-state index >= 15 is 0 Å². The first-order valence-corrected chi connectivity index (χ1v) is 7.77. The summed E-state index contributed by atoms with van der Waals surface area (Å²) in [6, 6.07) is 7.59. The monoisotopic (exact) mass is 290 g/mol. The number of nitrogens with one attached hydrogen (secondary N) is 1. The smallest absolute Gasteiger partial charge is 0.250 e. The number of hydrogen-bond acceptors (Lipinski definition) is 3. The van der Waals surface area contributed by atoms with Crippen molar-refractivity contribution in [1.29, 1.82) is 0 Å². The minimum atomic E-state index is -0.102. The van der Waals surface area contributed by atoms with Crippen molar-refractivity contribution in [2.24, 2.45) is 17.6 Å². The Morgan fingerprint density at radius 2 is 2.00 bits per heavy atom. The van der Waals surface area contributed by atoms with E-state index in [1.165, 1.54) is 6.42 Å². The van der Waals surface area contributed by atoms with Gasteiger partial charge in [0, 0.05) is 12.2 Å². The van der Waals surface area contributed by atoms with Crippen molar-refractivity contribution in [3.05, 3.63) is 29.8 Å². The van der Waals surface area contributed by atoms with E-state index in [0.29, 0.717) is 18.4 Å². The molecule has 1 aromatic rings. The molecule has 1 saturated carbocycles. The summed E-state index contributed by atoms with van der Waals surface area (Å²) in [4.78, 5) is 12.0. The second-order valence-corrected chi connectivity index (χ2v) is 6.30. The fraction of sp³-hybridized carbons (Fsp3) is 0.588. The SMILES string of the molecule is CC1CC(C)CC(OCC(=O)Nc2cccc(CN)c2)C1. The fourth-order valence-corrected chi connectivity index (χ4v) is 3.18. The van der Waals surface area contributed by atoms with Gasteiger partial charge in [-0.3, -0.25) is 4.79 Å². The predicted octanol–water partition coefficient (Wildman–Crippen LogP) is 2.93. The summed E-state index contributed by atoms with van der Waals surface area (Å²) in [7, 11) is 0. The summed E-state index contributed by atoms with van der Waals surface area (Å²) >= 11 is 0. The highest BCUT2D eigenvalue weighted by Crippen LogP contribution is 2.30. The third kappa shape index (κ3) is 5.14. The van der Waals surface area contributed by atoms with Crippen LogP contribution in [0.2, 0.25) is 0 Å². The van der Waals surface area contributed by atoms with E-state index in [9.17, 15) is 4.79 Å². The number of nitrogens with two attached hydrogens (primary N) is 1. The van der Waals surface area contributed by atoms with Gasteiger partial charge in [-0.15, -0.1) is 0 Å². The Hall–Kier alpha value is -1.39. The molecule has 1 aliphatic rings. The van der Waals surface area contributed by atoms with Crippen LogP contribution in [-0.2, 0) is 16.1 Å². The van der Waals surface area contributed by atoms with Gasteiger partial charge in [0.2, 0.25) is 5.91 Å². The van der Waals surface area contributed by atoms with Crippen LogP contribution in [0.3, 0.4) is 0 Å². The van der Waals surface area contributed by atoms with E-state index in [4.69, 9.17) is 10.5 Å². The number of carbonyl (C=O) groups excluding carboxylic acids is 1. The highest BCUT2D eigenvalue weighted by atomic mass is 16.5. The van der Waals surface area contributed by atoms with Gasteiger partial charge in [0.1, 0.15) is 6.61 Å². The van der Waals surface area contributed by atoms with Gasteiger partial charge in [0.15, 0.2) is 0 Å². The number of carbonyl (C=O) groups is 1. The first kappa shape index (κ1) is 16.0. The molecule has 1 amide bonds. The second kappa shape index (κ2) is 7.57. The Morgan fingerprint density at radius 3 is 2.67 bits per heavy atom. The van der Waals surface area contributed by atoms with E-state index in [1.807, 2.05) is 24.3 Å². The van der Waals surface area contributed by atoms with Crippen molar-refractivity contribution in [2.75, 3.05) is 11.9 Å². The minimum absolute atomic E-state index is 0.102. The van der Waals surface area contributed by atoms with Crippen molar-refractivity contribution >= 4 is 11.6 Å². The molecule has 4 nitrogen and oxygen atoms in total. The van der Waals surface area contributed by atoms with Gasteiger partial charge in [-0.2, -0.15) is 0 Å². The first-order valence-electron chi connectivity index (χ1n) is 7.77. The van der Waals surface area contributed by atoms with E-state index < -0.39 is 0 Å². The lowest BCUT2D eigenvalue weighted by atomic mass is 9.82. The van der Waals surface area contributed by atoms with Gasteiger partial charge in [-0.1, -0.05) is 26.0 Å². The Bertz CT molecular complexity index is 466. The van der Waals surface area contributed by atoms with Crippen LogP contribution in [0, 0.1) is 11.8 Å². The zero-order valence-corrected chi connectivity index (χ0v) is 13.0. The summed E-state index contributed by atoms with van der Waals surface area (Å²) in [6.45, 7) is 5.10. The maximum absolute atomic E-state index is 12.0. The van der Waals surface area contributed by atoms with Crippen molar-refractivity contribution in [3.8, 4) is 0 Å². The molecule has 1 aromatic carbocycles. The summed E-state index contributed by atoms with van der Waals surface area (Å²) in [6.07, 6.45) is 3.59. The van der Waals surface area contributed by atoms with Crippen LogP contribution in [-0.4, -0.2) is 18.6 Å². The molecular formula is C17H26N2O2. The average Bonchev–Trinajstić information content (AvgIpc) is 2.44. The van der Waals surface area contributed by atoms with Gasteiger partial charge in [-0.25, -0.2) is 0 Å². The van der Waals surface area contributed by atoms with E-state index in [1.54, 1.807) is 0 Å². The summed E-state index contributed by atoms with van der Waals surface area (Å²) in [5.41, 5.74) is 7.37. The van der Waals surface area contributed by atoms with Crippen LogP contribution < -0.4 is 11.1 Å². The van der Waals surface area contributed by atoms with E-state index in [-0.39, 0.29) is 18.6 Å². The average molecular weight is 290 g/mol. The van der Waals surface area contributed by atoms with E-state index in [0.717, 1.165) is 24.1 Å². The Kier molecular flexibility index (Phi) is 5.76. The zero-order valence-electron chi connectivity index (χ0n) is 13.0. The molecule has 0 bridgehead atoms. The number of hydrogen-bond donors (Lipinski definition) is 2. The molecule has 0 radical (unpaired) electrons. The quantitative estimate of drug-likeness (QED) is 0.876. The Morgan fingerprint density at radius 1 is 1.29 bits per heavy atom. The molecule has 2 atom stereocenters. The van der Waals surface area contributed by atoms with Gasteiger partial charge in [0.05, 0.1) is 6.10 Å². The third-order valence-electron chi connectivity index (χ3n) is 4.03. The second-order valence-electron chi connectivity index (χ2n) is 6.30. The molecule has 0 spiro atoms. The standard InChI is InChI=1S/C17H26N2O2/c1-12-6-13(2)8-16(7-12)21-11-17(20)19-15-5-3-4-14(9-15)10-18/h3-5,9,12-13,16H,6-8,10-11,18H2,1-2H3,(H,19,20).